The average Bonchev–Trinajstić information content (AvgIpc) is 2.71. The van der Waals surface area contributed by atoms with Gasteiger partial charge in [0, 0.05) is 57.7 Å². The Morgan fingerprint density at radius 1 is 1.31 bits per heavy atom. The van der Waals surface area contributed by atoms with Gasteiger partial charge >= 0.3 is 0 Å². The van der Waals surface area contributed by atoms with E-state index in [1.165, 1.54) is 6.26 Å². The SMILES string of the molecule is Cc1cccnc1C(=O)NCCN(C1CCOCC1)C1CCCN(S(C)(=O)=O)C1. The Balaban J connectivity index is 1.64. The number of carbonyl (C=O) groups excluding carboxylic acids is 1. The number of carbonyl (C=O) groups is 1. The first kappa shape index (κ1) is 22.1. The molecule has 3 heterocycles. The minimum Gasteiger partial charge on any atom is -0.381 e. The molecule has 1 aromatic heterocycles. The first-order chi connectivity index (χ1) is 13.9. The predicted octanol–water partition coefficient (Wildman–Crippen LogP) is 1.02. The number of hydrogen-bond donors (Lipinski definition) is 1. The van der Waals surface area contributed by atoms with Gasteiger partial charge in [0.1, 0.15) is 5.69 Å². The van der Waals surface area contributed by atoms with Crippen LogP contribution in [-0.2, 0) is 14.8 Å². The summed E-state index contributed by atoms with van der Waals surface area (Å²) in [5, 5.41) is 2.98. The number of piperidine rings is 1. The van der Waals surface area contributed by atoms with Crippen molar-refractivity contribution in [1.29, 1.82) is 0 Å². The van der Waals surface area contributed by atoms with Crippen molar-refractivity contribution in [2.45, 2.75) is 44.7 Å². The molecule has 0 radical (unpaired) electrons. The number of aromatic nitrogens is 1. The summed E-state index contributed by atoms with van der Waals surface area (Å²) in [7, 11) is -3.19. The molecule has 162 valence electrons. The lowest BCUT2D eigenvalue weighted by Gasteiger charge is -2.43. The largest absolute Gasteiger partial charge is 0.381 e. The van der Waals surface area contributed by atoms with Crippen molar-refractivity contribution in [2.75, 3.05) is 45.6 Å². The Labute approximate surface area is 173 Å². The normalized spacial score (nSPS) is 22.0. The van der Waals surface area contributed by atoms with Crippen LogP contribution in [0.25, 0.3) is 0 Å². The van der Waals surface area contributed by atoms with E-state index in [0.717, 1.165) is 44.5 Å². The van der Waals surface area contributed by atoms with Gasteiger partial charge in [0.25, 0.3) is 5.91 Å². The van der Waals surface area contributed by atoms with E-state index in [2.05, 4.69) is 15.2 Å². The zero-order chi connectivity index (χ0) is 20.9. The van der Waals surface area contributed by atoms with Crippen LogP contribution in [0.2, 0.25) is 0 Å². The molecule has 0 aromatic carbocycles. The molecule has 2 aliphatic heterocycles. The van der Waals surface area contributed by atoms with E-state index in [4.69, 9.17) is 4.74 Å². The molecule has 2 saturated heterocycles. The minimum absolute atomic E-state index is 0.162. The molecule has 0 bridgehead atoms. The summed E-state index contributed by atoms with van der Waals surface area (Å²) in [6.45, 7) is 5.62. The Morgan fingerprint density at radius 3 is 2.76 bits per heavy atom. The number of ether oxygens (including phenoxy) is 1. The molecule has 0 aliphatic carbocycles. The Kier molecular flexibility index (Phi) is 7.61. The van der Waals surface area contributed by atoms with Crippen LogP contribution in [0.1, 0.15) is 41.7 Å². The van der Waals surface area contributed by atoms with Gasteiger partial charge < -0.3 is 10.1 Å². The number of hydrogen-bond acceptors (Lipinski definition) is 6. The van der Waals surface area contributed by atoms with E-state index in [1.54, 1.807) is 10.5 Å². The highest BCUT2D eigenvalue weighted by atomic mass is 32.2. The number of aryl methyl sites for hydroxylation is 1. The minimum atomic E-state index is -3.19. The fourth-order valence-corrected chi connectivity index (χ4v) is 5.18. The van der Waals surface area contributed by atoms with Crippen molar-refractivity contribution >= 4 is 15.9 Å². The molecule has 1 aromatic rings. The van der Waals surface area contributed by atoms with E-state index in [-0.39, 0.29) is 11.9 Å². The summed E-state index contributed by atoms with van der Waals surface area (Å²) >= 11 is 0. The number of amides is 1. The Morgan fingerprint density at radius 2 is 2.07 bits per heavy atom. The summed E-state index contributed by atoms with van der Waals surface area (Å²) in [4.78, 5) is 19.1. The van der Waals surface area contributed by atoms with Gasteiger partial charge in [-0.3, -0.25) is 14.7 Å². The van der Waals surface area contributed by atoms with Crippen LogP contribution in [0.15, 0.2) is 18.3 Å². The van der Waals surface area contributed by atoms with Crippen LogP contribution in [0.5, 0.6) is 0 Å². The fourth-order valence-electron chi connectivity index (χ4n) is 4.28. The second-order valence-electron chi connectivity index (χ2n) is 7.92. The monoisotopic (exact) mass is 424 g/mol. The van der Waals surface area contributed by atoms with E-state index in [0.29, 0.717) is 37.9 Å². The first-order valence-corrected chi connectivity index (χ1v) is 12.2. The van der Waals surface area contributed by atoms with Gasteiger partial charge in [-0.2, -0.15) is 0 Å². The fraction of sp³-hybridized carbons (Fsp3) is 0.700. The van der Waals surface area contributed by atoms with Gasteiger partial charge in [0.2, 0.25) is 10.0 Å². The van der Waals surface area contributed by atoms with Crippen LogP contribution < -0.4 is 5.32 Å². The summed E-state index contributed by atoms with van der Waals surface area (Å²) in [5.41, 5.74) is 1.30. The second-order valence-corrected chi connectivity index (χ2v) is 9.91. The van der Waals surface area contributed by atoms with Gasteiger partial charge in [-0.25, -0.2) is 12.7 Å². The van der Waals surface area contributed by atoms with E-state index >= 15 is 0 Å². The molecule has 2 aliphatic rings. The zero-order valence-corrected chi connectivity index (χ0v) is 18.2. The Bertz CT molecular complexity index is 795. The van der Waals surface area contributed by atoms with Crippen LogP contribution in [0.4, 0.5) is 0 Å². The van der Waals surface area contributed by atoms with Gasteiger partial charge in [-0.15, -0.1) is 0 Å². The third-order valence-corrected chi connectivity index (χ3v) is 7.11. The molecule has 29 heavy (non-hydrogen) atoms. The van der Waals surface area contributed by atoms with Crippen LogP contribution >= 0.6 is 0 Å². The standard InChI is InChI=1S/C20H32N4O4S/c1-16-5-3-9-21-19(16)20(25)22-10-12-24(17-7-13-28-14-8-17)18-6-4-11-23(15-18)29(2,26)27/h3,5,9,17-18H,4,6-8,10-15H2,1-2H3,(H,22,25). The maximum Gasteiger partial charge on any atom is 0.270 e. The molecule has 1 N–H and O–H groups in total. The number of nitrogens with zero attached hydrogens (tertiary/aromatic N) is 3. The third-order valence-electron chi connectivity index (χ3n) is 5.84. The van der Waals surface area contributed by atoms with Crippen molar-refractivity contribution in [3.05, 3.63) is 29.6 Å². The maximum atomic E-state index is 12.5. The first-order valence-electron chi connectivity index (χ1n) is 10.3. The smallest absolute Gasteiger partial charge is 0.270 e. The molecule has 0 spiro atoms. The van der Waals surface area contributed by atoms with Crippen molar-refractivity contribution in [1.82, 2.24) is 19.5 Å². The predicted molar refractivity (Wildman–Crippen MR) is 111 cm³/mol. The molecular formula is C20H32N4O4S. The summed E-state index contributed by atoms with van der Waals surface area (Å²) in [6, 6.07) is 4.20. The Hall–Kier alpha value is -1.55. The lowest BCUT2D eigenvalue weighted by molar-refractivity contribution is 0.00672. The number of pyridine rings is 1. The molecule has 1 amide bonds. The summed E-state index contributed by atoms with van der Waals surface area (Å²) < 4.78 is 31.2. The van der Waals surface area contributed by atoms with E-state index in [1.807, 2.05) is 19.1 Å². The van der Waals surface area contributed by atoms with E-state index < -0.39 is 10.0 Å². The highest BCUT2D eigenvalue weighted by Crippen LogP contribution is 2.24. The molecular weight excluding hydrogens is 392 g/mol. The van der Waals surface area contributed by atoms with E-state index in [9.17, 15) is 13.2 Å². The van der Waals surface area contributed by atoms with Crippen molar-refractivity contribution in [3.8, 4) is 0 Å². The third kappa shape index (κ3) is 5.97. The molecule has 3 rings (SSSR count). The highest BCUT2D eigenvalue weighted by Gasteiger charge is 2.33. The molecule has 0 saturated carbocycles. The molecule has 1 unspecified atom stereocenters. The quantitative estimate of drug-likeness (QED) is 0.703. The molecule has 2 fully saturated rings. The topological polar surface area (TPSA) is 91.8 Å². The van der Waals surface area contributed by atoms with Crippen molar-refractivity contribution < 1.29 is 17.9 Å². The second kappa shape index (κ2) is 9.97. The van der Waals surface area contributed by atoms with Crippen LogP contribution in [0, 0.1) is 6.92 Å². The average molecular weight is 425 g/mol. The molecule has 9 heteroatoms. The summed E-state index contributed by atoms with van der Waals surface area (Å²) in [6.07, 6.45) is 6.60. The van der Waals surface area contributed by atoms with Crippen LogP contribution in [-0.4, -0.2) is 86.2 Å². The zero-order valence-electron chi connectivity index (χ0n) is 17.3. The maximum absolute atomic E-state index is 12.5. The molecule has 1 atom stereocenters. The number of rotatable bonds is 7. The van der Waals surface area contributed by atoms with Gasteiger partial charge in [0.15, 0.2) is 0 Å². The highest BCUT2D eigenvalue weighted by molar-refractivity contribution is 7.88. The summed E-state index contributed by atoms with van der Waals surface area (Å²) in [5.74, 6) is -0.170. The van der Waals surface area contributed by atoms with Crippen molar-refractivity contribution in [3.63, 3.8) is 0 Å². The van der Waals surface area contributed by atoms with Gasteiger partial charge in [-0.1, -0.05) is 6.07 Å². The van der Waals surface area contributed by atoms with Gasteiger partial charge in [-0.05, 0) is 44.2 Å². The van der Waals surface area contributed by atoms with Crippen LogP contribution in [0.3, 0.4) is 0 Å². The number of nitrogens with one attached hydrogen (secondary N) is 1. The number of sulfonamides is 1. The lowest BCUT2D eigenvalue weighted by Crippen LogP contribution is -2.55. The van der Waals surface area contributed by atoms with Gasteiger partial charge in [0.05, 0.1) is 6.26 Å². The molecule has 8 nitrogen and oxygen atoms in total. The van der Waals surface area contributed by atoms with Crippen molar-refractivity contribution in [2.24, 2.45) is 0 Å². The lowest BCUT2D eigenvalue weighted by atomic mass is 9.99.